The summed E-state index contributed by atoms with van der Waals surface area (Å²) in [7, 11) is 1.58. The van der Waals surface area contributed by atoms with Crippen molar-refractivity contribution < 1.29 is 14.3 Å². The highest BCUT2D eigenvalue weighted by Gasteiger charge is 2.09. The van der Waals surface area contributed by atoms with Crippen molar-refractivity contribution in [3.63, 3.8) is 0 Å². The number of methoxy groups -OCH3 is 1. The minimum absolute atomic E-state index is 0.209. The number of anilines is 1. The molecule has 0 saturated heterocycles. The molecule has 3 rings (SSSR count). The van der Waals surface area contributed by atoms with E-state index in [9.17, 15) is 9.59 Å². The molecule has 0 bridgehead atoms. The predicted octanol–water partition coefficient (Wildman–Crippen LogP) is 3.33. The standard InChI is InChI=1S/C20H20N2O4/c1-3-26-16-7-4-13(5-8-16)20(24)21-15-6-9-17-14(12-25-2)10-19(23)22-18(17)11-15/h4-11H,3,12H2,1-2H3,(H,21,24)(H,22,23). The molecule has 0 saturated carbocycles. The van der Waals surface area contributed by atoms with Crippen molar-refractivity contribution in [1.29, 1.82) is 0 Å². The Morgan fingerprint density at radius 2 is 1.88 bits per heavy atom. The van der Waals surface area contributed by atoms with Crippen LogP contribution < -0.4 is 15.6 Å². The lowest BCUT2D eigenvalue weighted by Crippen LogP contribution is -2.12. The maximum absolute atomic E-state index is 12.4. The molecule has 0 aliphatic rings. The molecule has 0 unspecified atom stereocenters. The van der Waals surface area contributed by atoms with Gasteiger partial charge in [0.05, 0.1) is 18.7 Å². The molecule has 0 radical (unpaired) electrons. The van der Waals surface area contributed by atoms with E-state index in [-0.39, 0.29) is 11.5 Å². The van der Waals surface area contributed by atoms with Gasteiger partial charge in [-0.2, -0.15) is 0 Å². The molecule has 0 fully saturated rings. The number of carbonyl (C=O) groups excluding carboxylic acids is 1. The van der Waals surface area contributed by atoms with Gasteiger partial charge in [0, 0.05) is 29.8 Å². The second-order valence-electron chi connectivity index (χ2n) is 5.76. The third-order valence-electron chi connectivity index (χ3n) is 3.91. The Bertz CT molecular complexity index is 977. The van der Waals surface area contributed by atoms with Crippen molar-refractivity contribution in [2.24, 2.45) is 0 Å². The maximum Gasteiger partial charge on any atom is 0.255 e. The highest BCUT2D eigenvalue weighted by atomic mass is 16.5. The summed E-state index contributed by atoms with van der Waals surface area (Å²) < 4.78 is 10.5. The molecule has 1 aromatic heterocycles. The van der Waals surface area contributed by atoms with Crippen molar-refractivity contribution in [2.75, 3.05) is 19.0 Å². The fraction of sp³-hybridized carbons (Fsp3) is 0.200. The molecule has 0 aliphatic carbocycles. The minimum Gasteiger partial charge on any atom is -0.494 e. The Hall–Kier alpha value is -3.12. The van der Waals surface area contributed by atoms with Gasteiger partial charge in [0.1, 0.15) is 5.75 Å². The molecule has 26 heavy (non-hydrogen) atoms. The largest absolute Gasteiger partial charge is 0.494 e. The Labute approximate surface area is 150 Å². The molecule has 1 amide bonds. The molecule has 134 valence electrons. The highest BCUT2D eigenvalue weighted by molar-refractivity contribution is 6.05. The van der Waals surface area contributed by atoms with E-state index in [1.54, 1.807) is 43.5 Å². The van der Waals surface area contributed by atoms with Crippen molar-refractivity contribution >= 4 is 22.5 Å². The van der Waals surface area contributed by atoms with E-state index in [2.05, 4.69) is 10.3 Å². The number of hydrogen-bond acceptors (Lipinski definition) is 4. The van der Waals surface area contributed by atoms with Crippen LogP contribution in [0.15, 0.2) is 53.3 Å². The number of carbonyl (C=O) groups is 1. The van der Waals surface area contributed by atoms with Crippen LogP contribution in [0, 0.1) is 0 Å². The first-order valence-electron chi connectivity index (χ1n) is 8.30. The molecular formula is C20H20N2O4. The van der Waals surface area contributed by atoms with Crippen molar-refractivity contribution in [3.05, 3.63) is 70.0 Å². The molecule has 2 aromatic carbocycles. The Morgan fingerprint density at radius 1 is 1.12 bits per heavy atom. The summed E-state index contributed by atoms with van der Waals surface area (Å²) in [6, 6.07) is 13.8. The first-order valence-corrected chi connectivity index (χ1v) is 8.30. The number of aromatic amines is 1. The van der Waals surface area contributed by atoms with Crippen LogP contribution in [0.25, 0.3) is 10.9 Å². The van der Waals surface area contributed by atoms with E-state index < -0.39 is 0 Å². The van der Waals surface area contributed by atoms with E-state index >= 15 is 0 Å². The Kier molecular flexibility index (Phi) is 5.34. The number of ether oxygens (including phenoxy) is 2. The fourth-order valence-electron chi connectivity index (χ4n) is 2.76. The minimum atomic E-state index is -0.234. The van der Waals surface area contributed by atoms with Crippen molar-refractivity contribution in [2.45, 2.75) is 13.5 Å². The number of H-pyrrole nitrogens is 1. The van der Waals surface area contributed by atoms with Gasteiger partial charge >= 0.3 is 0 Å². The molecule has 6 heteroatoms. The molecule has 6 nitrogen and oxygen atoms in total. The highest BCUT2D eigenvalue weighted by Crippen LogP contribution is 2.21. The lowest BCUT2D eigenvalue weighted by molar-refractivity contribution is 0.102. The SMILES string of the molecule is CCOc1ccc(C(=O)Nc2ccc3c(COC)cc(=O)[nH]c3c2)cc1. The number of benzene rings is 2. The Balaban J connectivity index is 1.84. The zero-order valence-electron chi connectivity index (χ0n) is 14.7. The predicted molar refractivity (Wildman–Crippen MR) is 101 cm³/mol. The van der Waals surface area contributed by atoms with Gasteiger partial charge in [-0.3, -0.25) is 9.59 Å². The average molecular weight is 352 g/mol. The van der Waals surface area contributed by atoms with Crippen LogP contribution in [-0.4, -0.2) is 24.6 Å². The molecule has 2 N–H and O–H groups in total. The summed E-state index contributed by atoms with van der Waals surface area (Å²) in [6.45, 7) is 2.83. The van der Waals surface area contributed by atoms with Gasteiger partial charge < -0.3 is 19.8 Å². The van der Waals surface area contributed by atoms with Crippen LogP contribution in [0.4, 0.5) is 5.69 Å². The fourth-order valence-corrected chi connectivity index (χ4v) is 2.76. The van der Waals surface area contributed by atoms with E-state index in [0.29, 0.717) is 30.0 Å². The first kappa shape index (κ1) is 17.7. The van der Waals surface area contributed by atoms with Gasteiger partial charge in [0.15, 0.2) is 0 Å². The van der Waals surface area contributed by atoms with E-state index in [1.165, 1.54) is 6.07 Å². The van der Waals surface area contributed by atoms with Crippen LogP contribution in [0.3, 0.4) is 0 Å². The quantitative estimate of drug-likeness (QED) is 0.713. The topological polar surface area (TPSA) is 80.4 Å². The smallest absolute Gasteiger partial charge is 0.255 e. The summed E-state index contributed by atoms with van der Waals surface area (Å²) in [5.41, 5.74) is 2.36. The number of hydrogen-bond donors (Lipinski definition) is 2. The van der Waals surface area contributed by atoms with Crippen molar-refractivity contribution in [1.82, 2.24) is 4.98 Å². The summed E-state index contributed by atoms with van der Waals surface area (Å²) in [6.07, 6.45) is 0. The Morgan fingerprint density at radius 3 is 2.58 bits per heavy atom. The zero-order valence-corrected chi connectivity index (χ0v) is 14.7. The summed E-state index contributed by atoms with van der Waals surface area (Å²) in [5.74, 6) is 0.487. The van der Waals surface area contributed by atoms with Gasteiger partial charge in [-0.15, -0.1) is 0 Å². The van der Waals surface area contributed by atoms with Crippen LogP contribution >= 0.6 is 0 Å². The molecular weight excluding hydrogens is 332 g/mol. The number of nitrogens with one attached hydrogen (secondary N) is 2. The van der Waals surface area contributed by atoms with Crippen LogP contribution in [0.2, 0.25) is 0 Å². The number of pyridine rings is 1. The number of aromatic nitrogens is 1. The normalized spacial score (nSPS) is 10.7. The second kappa shape index (κ2) is 7.84. The average Bonchev–Trinajstić information content (AvgIpc) is 2.62. The first-order chi connectivity index (χ1) is 12.6. The van der Waals surface area contributed by atoms with Crippen LogP contribution in [-0.2, 0) is 11.3 Å². The second-order valence-corrected chi connectivity index (χ2v) is 5.76. The molecule has 0 aliphatic heterocycles. The van der Waals surface area contributed by atoms with Crippen LogP contribution in [0.1, 0.15) is 22.8 Å². The van der Waals surface area contributed by atoms with Crippen molar-refractivity contribution in [3.8, 4) is 5.75 Å². The molecule has 3 aromatic rings. The van der Waals surface area contributed by atoms with Gasteiger partial charge in [0.25, 0.3) is 5.91 Å². The van der Waals surface area contributed by atoms with E-state index in [0.717, 1.165) is 16.7 Å². The van der Waals surface area contributed by atoms with Gasteiger partial charge in [-0.05, 0) is 48.9 Å². The molecule has 1 heterocycles. The zero-order chi connectivity index (χ0) is 18.5. The summed E-state index contributed by atoms with van der Waals surface area (Å²) >= 11 is 0. The third kappa shape index (κ3) is 3.92. The monoisotopic (exact) mass is 352 g/mol. The maximum atomic E-state index is 12.4. The van der Waals surface area contributed by atoms with Gasteiger partial charge in [-0.25, -0.2) is 0 Å². The lowest BCUT2D eigenvalue weighted by Gasteiger charge is -2.09. The number of rotatable bonds is 6. The summed E-state index contributed by atoms with van der Waals surface area (Å²) in [4.78, 5) is 27.0. The van der Waals surface area contributed by atoms with Gasteiger partial charge in [0.2, 0.25) is 5.56 Å². The lowest BCUT2D eigenvalue weighted by atomic mass is 10.1. The number of amides is 1. The van der Waals surface area contributed by atoms with Gasteiger partial charge in [-0.1, -0.05) is 6.07 Å². The van der Waals surface area contributed by atoms with Crippen LogP contribution in [0.5, 0.6) is 5.75 Å². The van der Waals surface area contributed by atoms with E-state index in [4.69, 9.17) is 9.47 Å². The molecule has 0 atom stereocenters. The number of fused-ring (bicyclic) bond motifs is 1. The van der Waals surface area contributed by atoms with E-state index in [1.807, 2.05) is 13.0 Å². The third-order valence-corrected chi connectivity index (χ3v) is 3.91. The summed E-state index contributed by atoms with van der Waals surface area (Å²) in [5, 5.41) is 3.72. The molecule has 0 spiro atoms.